The van der Waals surface area contributed by atoms with E-state index < -0.39 is 0 Å². The van der Waals surface area contributed by atoms with Crippen molar-refractivity contribution >= 4 is 27.5 Å². The van der Waals surface area contributed by atoms with Gasteiger partial charge in [-0.05, 0) is 50.4 Å². The van der Waals surface area contributed by atoms with Crippen LogP contribution >= 0.6 is 11.3 Å². The summed E-state index contributed by atoms with van der Waals surface area (Å²) in [4.78, 5) is 17.0. The van der Waals surface area contributed by atoms with E-state index in [1.165, 1.54) is 5.56 Å². The maximum atomic E-state index is 13.1. The largest absolute Gasteiger partial charge is 0.338 e. The van der Waals surface area contributed by atoms with E-state index in [1.807, 2.05) is 40.8 Å². The Bertz CT molecular complexity index is 938. The quantitative estimate of drug-likeness (QED) is 0.687. The Morgan fingerprint density at radius 3 is 2.71 bits per heavy atom. The average Bonchev–Trinajstić information content (AvgIpc) is 3.28. The van der Waals surface area contributed by atoms with Gasteiger partial charge in [-0.25, -0.2) is 0 Å². The molecule has 0 atom stereocenters. The molecule has 148 valence electrons. The highest BCUT2D eigenvalue weighted by atomic mass is 32.1. The normalized spacial score (nSPS) is 15.4. The summed E-state index contributed by atoms with van der Waals surface area (Å²) in [6, 6.07) is 12.4. The minimum atomic E-state index is 0.175. The molecule has 5 nitrogen and oxygen atoms in total. The number of nitrogens with zero attached hydrogens (tertiary/aromatic N) is 3. The maximum Gasteiger partial charge on any atom is 0.264 e. The number of hydrogen-bond acceptors (Lipinski definition) is 4. The summed E-state index contributed by atoms with van der Waals surface area (Å²) in [5.74, 6) is 0.863. The second-order valence-electron chi connectivity index (χ2n) is 7.60. The Hall–Kier alpha value is -2.18. The highest BCUT2D eigenvalue weighted by Gasteiger charge is 2.25. The standard InChI is InChI=1S/C22H28N4OS/c1-3-23-14-17-9-11-25(12-10-17)21(27)20-13-19-16(2)24-26(22(19)28-20)15-18-7-5-4-6-8-18/h4-8,13,17,23H,3,9-12,14-15H2,1-2H3. The molecule has 1 fully saturated rings. The minimum Gasteiger partial charge on any atom is -0.338 e. The molecule has 0 radical (unpaired) electrons. The van der Waals surface area contributed by atoms with Crippen LogP contribution in [0.5, 0.6) is 0 Å². The van der Waals surface area contributed by atoms with E-state index in [2.05, 4.69) is 24.4 Å². The van der Waals surface area contributed by atoms with Crippen LogP contribution in [-0.2, 0) is 6.54 Å². The number of fused-ring (bicyclic) bond motifs is 1. The average molecular weight is 397 g/mol. The molecule has 28 heavy (non-hydrogen) atoms. The zero-order valence-electron chi connectivity index (χ0n) is 16.6. The van der Waals surface area contributed by atoms with E-state index in [0.717, 1.165) is 66.4 Å². The fraction of sp³-hybridized carbons (Fsp3) is 0.455. The number of aromatic nitrogens is 2. The third-order valence-electron chi connectivity index (χ3n) is 5.58. The topological polar surface area (TPSA) is 50.2 Å². The van der Waals surface area contributed by atoms with Gasteiger partial charge in [0.1, 0.15) is 4.83 Å². The molecule has 3 heterocycles. The number of rotatable bonds is 6. The highest BCUT2D eigenvalue weighted by Crippen LogP contribution is 2.30. The van der Waals surface area contributed by atoms with Gasteiger partial charge in [0.2, 0.25) is 0 Å². The molecule has 2 aromatic heterocycles. The van der Waals surface area contributed by atoms with E-state index in [1.54, 1.807) is 11.3 Å². The first-order valence-electron chi connectivity index (χ1n) is 10.2. The summed E-state index contributed by atoms with van der Waals surface area (Å²) in [5, 5.41) is 9.22. The van der Waals surface area contributed by atoms with Crippen LogP contribution in [0.3, 0.4) is 0 Å². The number of amides is 1. The Morgan fingerprint density at radius 1 is 1.25 bits per heavy atom. The van der Waals surface area contributed by atoms with Crippen molar-refractivity contribution in [1.29, 1.82) is 0 Å². The number of likely N-dealkylation sites (tertiary alicyclic amines) is 1. The second kappa shape index (κ2) is 8.45. The number of hydrogen-bond donors (Lipinski definition) is 1. The van der Waals surface area contributed by atoms with Crippen LogP contribution in [0.4, 0.5) is 0 Å². The molecule has 4 rings (SSSR count). The number of carbonyl (C=O) groups excluding carboxylic acids is 1. The second-order valence-corrected chi connectivity index (χ2v) is 8.63. The summed E-state index contributed by atoms with van der Waals surface area (Å²) >= 11 is 1.58. The number of carbonyl (C=O) groups is 1. The monoisotopic (exact) mass is 396 g/mol. The Morgan fingerprint density at radius 2 is 2.00 bits per heavy atom. The molecule has 0 bridgehead atoms. The first-order valence-corrected chi connectivity index (χ1v) is 11.0. The molecule has 0 saturated carbocycles. The molecule has 0 unspecified atom stereocenters. The van der Waals surface area contributed by atoms with Crippen molar-refractivity contribution in [2.75, 3.05) is 26.2 Å². The van der Waals surface area contributed by atoms with Crippen LogP contribution in [0.15, 0.2) is 36.4 Å². The summed E-state index contributed by atoms with van der Waals surface area (Å²) in [7, 11) is 0. The van der Waals surface area contributed by atoms with Crippen molar-refractivity contribution in [3.8, 4) is 0 Å². The Kier molecular flexibility index (Phi) is 5.78. The van der Waals surface area contributed by atoms with Gasteiger partial charge in [0.25, 0.3) is 5.91 Å². The first kappa shape index (κ1) is 19.2. The van der Waals surface area contributed by atoms with Gasteiger partial charge in [0.15, 0.2) is 0 Å². The predicted octanol–water partition coefficient (Wildman–Crippen LogP) is 3.92. The molecule has 1 saturated heterocycles. The fourth-order valence-electron chi connectivity index (χ4n) is 3.93. The van der Waals surface area contributed by atoms with Crippen LogP contribution in [0.2, 0.25) is 0 Å². The Balaban J connectivity index is 1.49. The zero-order valence-corrected chi connectivity index (χ0v) is 17.5. The molecular formula is C22H28N4OS. The number of aryl methyl sites for hydroxylation is 1. The lowest BCUT2D eigenvalue weighted by atomic mass is 9.96. The van der Waals surface area contributed by atoms with Crippen molar-refractivity contribution in [1.82, 2.24) is 20.0 Å². The zero-order chi connectivity index (χ0) is 19.5. The molecular weight excluding hydrogens is 368 g/mol. The number of nitrogens with one attached hydrogen (secondary N) is 1. The smallest absolute Gasteiger partial charge is 0.264 e. The van der Waals surface area contributed by atoms with Gasteiger partial charge in [-0.1, -0.05) is 37.3 Å². The van der Waals surface area contributed by atoms with Crippen LogP contribution in [0.25, 0.3) is 10.2 Å². The van der Waals surface area contributed by atoms with Gasteiger partial charge in [0.05, 0.1) is 17.1 Å². The lowest BCUT2D eigenvalue weighted by Crippen LogP contribution is -2.40. The third kappa shape index (κ3) is 3.98. The van der Waals surface area contributed by atoms with Crippen LogP contribution < -0.4 is 5.32 Å². The van der Waals surface area contributed by atoms with E-state index in [0.29, 0.717) is 5.92 Å². The van der Waals surface area contributed by atoms with Gasteiger partial charge in [0, 0.05) is 18.5 Å². The highest BCUT2D eigenvalue weighted by molar-refractivity contribution is 7.20. The summed E-state index contributed by atoms with van der Waals surface area (Å²) in [6.45, 7) is 8.69. The predicted molar refractivity (Wildman–Crippen MR) is 115 cm³/mol. The fourth-order valence-corrected chi connectivity index (χ4v) is 5.05. The van der Waals surface area contributed by atoms with Gasteiger partial charge >= 0.3 is 0 Å². The van der Waals surface area contributed by atoms with Crippen molar-refractivity contribution < 1.29 is 4.79 Å². The lowest BCUT2D eigenvalue weighted by molar-refractivity contribution is 0.0695. The van der Waals surface area contributed by atoms with Gasteiger partial charge in [-0.3, -0.25) is 9.48 Å². The molecule has 1 amide bonds. The molecule has 0 spiro atoms. The van der Waals surface area contributed by atoms with Crippen molar-refractivity contribution in [3.63, 3.8) is 0 Å². The van der Waals surface area contributed by atoms with Gasteiger partial charge in [-0.2, -0.15) is 5.10 Å². The van der Waals surface area contributed by atoms with E-state index in [4.69, 9.17) is 5.10 Å². The van der Waals surface area contributed by atoms with E-state index >= 15 is 0 Å². The summed E-state index contributed by atoms with van der Waals surface area (Å²) in [5.41, 5.74) is 2.21. The first-order chi connectivity index (χ1) is 13.7. The molecule has 6 heteroatoms. The molecule has 1 N–H and O–H groups in total. The van der Waals surface area contributed by atoms with Gasteiger partial charge < -0.3 is 10.2 Å². The number of thiophene rings is 1. The van der Waals surface area contributed by atoms with Crippen LogP contribution in [0.1, 0.15) is 40.7 Å². The summed E-state index contributed by atoms with van der Waals surface area (Å²) in [6.07, 6.45) is 2.18. The number of benzene rings is 1. The van der Waals surface area contributed by atoms with Crippen LogP contribution in [0, 0.1) is 12.8 Å². The number of piperidine rings is 1. The molecule has 1 aliphatic rings. The SMILES string of the molecule is CCNCC1CCN(C(=O)c2cc3c(C)nn(Cc4ccccc4)c3s2)CC1. The van der Waals surface area contributed by atoms with Crippen molar-refractivity contribution in [3.05, 3.63) is 52.5 Å². The molecule has 0 aliphatic carbocycles. The third-order valence-corrected chi connectivity index (χ3v) is 6.71. The molecule has 1 aromatic carbocycles. The minimum absolute atomic E-state index is 0.175. The lowest BCUT2D eigenvalue weighted by Gasteiger charge is -2.31. The van der Waals surface area contributed by atoms with E-state index in [-0.39, 0.29) is 5.91 Å². The van der Waals surface area contributed by atoms with Crippen molar-refractivity contribution in [2.24, 2.45) is 5.92 Å². The van der Waals surface area contributed by atoms with Crippen molar-refractivity contribution in [2.45, 2.75) is 33.2 Å². The van der Waals surface area contributed by atoms with Gasteiger partial charge in [-0.15, -0.1) is 11.3 Å². The molecule has 1 aliphatic heterocycles. The maximum absolute atomic E-state index is 13.1. The van der Waals surface area contributed by atoms with Crippen LogP contribution in [-0.4, -0.2) is 46.8 Å². The Labute approximate surface area is 170 Å². The summed E-state index contributed by atoms with van der Waals surface area (Å²) < 4.78 is 2.03. The van der Waals surface area contributed by atoms with E-state index in [9.17, 15) is 4.79 Å². The molecule has 3 aromatic rings.